The number of hydrogen-bond acceptors (Lipinski definition) is 5. The van der Waals surface area contributed by atoms with E-state index >= 15 is 0 Å². The second-order valence-electron chi connectivity index (χ2n) is 12.7. The van der Waals surface area contributed by atoms with Crippen LogP contribution >= 0.6 is 0 Å². The number of benzene rings is 5. The van der Waals surface area contributed by atoms with Gasteiger partial charge < -0.3 is 4.74 Å². The van der Waals surface area contributed by atoms with E-state index in [9.17, 15) is 30.0 Å². The number of rotatable bonds is 7. The lowest BCUT2D eigenvalue weighted by Crippen LogP contribution is -2.38. The Morgan fingerprint density at radius 1 is 0.700 bits per heavy atom. The van der Waals surface area contributed by atoms with Crippen molar-refractivity contribution in [2.24, 2.45) is 0 Å². The maximum Gasteiger partial charge on any atom is 0.498 e. The largest absolute Gasteiger partial charge is 0.498 e. The molecule has 0 fully saturated rings. The quantitative estimate of drug-likeness (QED) is 0.169. The van der Waals surface area contributed by atoms with Crippen LogP contribution in [0.4, 0.5) is 13.2 Å². The fourth-order valence-electron chi connectivity index (χ4n) is 6.45. The Morgan fingerprint density at radius 3 is 1.96 bits per heavy atom. The first-order chi connectivity index (χ1) is 23.5. The minimum Gasteiger partial charge on any atom is -0.456 e. The van der Waals surface area contributed by atoms with Gasteiger partial charge in [-0.3, -0.25) is 0 Å². The molecule has 6 rings (SSSR count). The monoisotopic (exact) mass is 716 g/mol. The number of aryl methyl sites for hydroxylation is 4. The van der Waals surface area contributed by atoms with Gasteiger partial charge in [0.2, 0.25) is 0 Å². The lowest BCUT2D eigenvalue weighted by Gasteiger charge is -2.24. The van der Waals surface area contributed by atoms with Crippen LogP contribution in [0.15, 0.2) is 102 Å². The summed E-state index contributed by atoms with van der Waals surface area (Å²) in [6.07, 6.45) is 2.64. The van der Waals surface area contributed by atoms with Gasteiger partial charge >= 0.3 is 5.51 Å². The van der Waals surface area contributed by atoms with Gasteiger partial charge in [-0.15, -0.1) is 0 Å². The van der Waals surface area contributed by atoms with Crippen LogP contribution < -0.4 is 15.2 Å². The molecule has 10 heteroatoms. The highest BCUT2D eigenvalue weighted by Crippen LogP contribution is 2.41. The van der Waals surface area contributed by atoms with Crippen LogP contribution in [-0.4, -0.2) is 26.9 Å². The number of ether oxygens (including phenoxy) is 1. The summed E-state index contributed by atoms with van der Waals surface area (Å²) < 4.78 is 97.0. The Bertz CT molecular complexity index is 2480. The van der Waals surface area contributed by atoms with Gasteiger partial charge in [-0.25, -0.2) is 16.8 Å². The van der Waals surface area contributed by atoms with Crippen molar-refractivity contribution in [2.75, 3.05) is 0 Å². The van der Waals surface area contributed by atoms with E-state index in [1.807, 2.05) is 101 Å². The van der Waals surface area contributed by atoms with E-state index in [0.29, 0.717) is 41.2 Å². The van der Waals surface area contributed by atoms with Gasteiger partial charge in [0.25, 0.3) is 9.84 Å². The molecule has 5 nitrogen and oxygen atoms in total. The van der Waals surface area contributed by atoms with Crippen molar-refractivity contribution in [3.63, 3.8) is 0 Å². The number of alkyl halides is 3. The fraction of sp³-hybridized carbons (Fsp3) is 0.200. The summed E-state index contributed by atoms with van der Waals surface area (Å²) in [4.78, 5) is -0.528. The molecule has 0 amide bonds. The van der Waals surface area contributed by atoms with Crippen LogP contribution in [0, 0.1) is 27.7 Å². The number of halogens is 3. The number of fused-ring (bicyclic) bond motifs is 2. The third kappa shape index (κ3) is 6.26. The minimum atomic E-state index is -6.06. The number of sulfone groups is 2. The summed E-state index contributed by atoms with van der Waals surface area (Å²) in [5.74, 6) is 0.850. The predicted molar refractivity (Wildman–Crippen MR) is 190 cm³/mol. The molecule has 1 atom stereocenters. The van der Waals surface area contributed by atoms with Crippen LogP contribution in [-0.2, 0) is 26.1 Å². The third-order valence-electron chi connectivity index (χ3n) is 9.35. The molecule has 258 valence electrons. The zero-order valence-corrected chi connectivity index (χ0v) is 29.7. The van der Waals surface area contributed by atoms with Crippen LogP contribution in [0.25, 0.3) is 11.6 Å². The van der Waals surface area contributed by atoms with Crippen molar-refractivity contribution in [3.05, 3.63) is 158 Å². The highest BCUT2D eigenvalue weighted by atomic mass is 32.3. The SMILES string of the molecule is Cc1cccc(C)c1/C=c1\ccc2c(c1)Oc1cc(Cc3c(C)cccc3C)ccc1C=2c1ccccc1S(=O)(=O)C(C)S(=O)(=O)C(F)(F)F. The minimum absolute atomic E-state index is 0.0662. The van der Waals surface area contributed by atoms with E-state index in [4.69, 9.17) is 4.74 Å². The van der Waals surface area contributed by atoms with Gasteiger partial charge in [-0.05, 0) is 116 Å². The van der Waals surface area contributed by atoms with E-state index < -0.39 is 34.7 Å². The Kier molecular flexibility index (Phi) is 9.07. The van der Waals surface area contributed by atoms with Crippen LogP contribution in [0.2, 0.25) is 0 Å². The lowest BCUT2D eigenvalue weighted by atomic mass is 9.90. The Hall–Kier alpha value is -4.67. The molecular formula is C40H35F3O5S2. The molecule has 0 aromatic heterocycles. The fourth-order valence-corrected chi connectivity index (χ4v) is 9.90. The van der Waals surface area contributed by atoms with E-state index in [2.05, 4.69) is 0 Å². The summed E-state index contributed by atoms with van der Waals surface area (Å²) in [5.41, 5.74) is 2.80. The molecule has 1 heterocycles. The molecule has 0 aliphatic carbocycles. The molecule has 1 unspecified atom stereocenters. The van der Waals surface area contributed by atoms with Gasteiger partial charge in [0, 0.05) is 21.9 Å². The third-order valence-corrected chi connectivity index (χ3v) is 14.2. The molecule has 1 aliphatic rings. The van der Waals surface area contributed by atoms with Crippen LogP contribution in [0.1, 0.15) is 57.0 Å². The highest BCUT2D eigenvalue weighted by molar-refractivity contribution is 8.09. The number of hydrogen-bond donors (Lipinski definition) is 0. The second-order valence-corrected chi connectivity index (χ2v) is 17.5. The smallest absolute Gasteiger partial charge is 0.456 e. The van der Waals surface area contributed by atoms with Gasteiger partial charge in [-0.1, -0.05) is 72.8 Å². The standard InChI is InChI=1S/C40H35F3O5S2/c1-24-10-8-11-25(2)34(24)20-29-16-18-31-36(22-29)48-37-23-30(21-35-26(3)12-9-13-27(35)4)17-19-32(37)39(31)33-14-6-7-15-38(33)49(44,45)28(5)50(46,47)40(41,42)43/h6-20,22-23,28H,21H2,1-5H3/b29-20+. The summed E-state index contributed by atoms with van der Waals surface area (Å²) in [6, 6.07) is 28.8. The molecule has 0 spiro atoms. The van der Waals surface area contributed by atoms with E-state index in [0.717, 1.165) is 50.2 Å². The Balaban J connectivity index is 1.60. The molecule has 50 heavy (non-hydrogen) atoms. The van der Waals surface area contributed by atoms with Crippen LogP contribution in [0.3, 0.4) is 0 Å². The summed E-state index contributed by atoms with van der Waals surface area (Å²) in [5, 5.41) is 1.33. The van der Waals surface area contributed by atoms with Gasteiger partial charge in [-0.2, -0.15) is 13.2 Å². The Labute approximate surface area is 290 Å². The first-order valence-corrected chi connectivity index (χ1v) is 19.0. The molecule has 1 aliphatic heterocycles. The van der Waals surface area contributed by atoms with Gasteiger partial charge in [0.1, 0.15) is 11.5 Å². The first-order valence-electron chi connectivity index (χ1n) is 15.9. The highest BCUT2D eigenvalue weighted by Gasteiger charge is 2.54. The lowest BCUT2D eigenvalue weighted by molar-refractivity contribution is -0.0437. The average Bonchev–Trinajstić information content (AvgIpc) is 3.06. The van der Waals surface area contributed by atoms with Crippen molar-refractivity contribution < 1.29 is 34.7 Å². The predicted octanol–water partition coefficient (Wildman–Crippen LogP) is 7.75. The molecule has 0 N–H and O–H groups in total. The molecule has 0 saturated carbocycles. The Morgan fingerprint density at radius 2 is 1.32 bits per heavy atom. The molecule has 5 aromatic rings. The van der Waals surface area contributed by atoms with Crippen molar-refractivity contribution in [1.29, 1.82) is 0 Å². The molecule has 0 saturated heterocycles. The molecule has 0 bridgehead atoms. The van der Waals surface area contributed by atoms with Gasteiger partial charge in [0.15, 0.2) is 14.4 Å². The first kappa shape index (κ1) is 35.2. The second kappa shape index (κ2) is 12.9. The zero-order chi connectivity index (χ0) is 36.2. The van der Waals surface area contributed by atoms with E-state index in [1.165, 1.54) is 12.1 Å². The van der Waals surface area contributed by atoms with Crippen molar-refractivity contribution in [1.82, 2.24) is 0 Å². The zero-order valence-electron chi connectivity index (χ0n) is 28.1. The molecular weight excluding hydrogens is 682 g/mol. The summed E-state index contributed by atoms with van der Waals surface area (Å²) >= 11 is 0. The summed E-state index contributed by atoms with van der Waals surface area (Å²) in [6.45, 7) is 8.69. The normalized spacial score (nSPS) is 14.2. The summed E-state index contributed by atoms with van der Waals surface area (Å²) in [7, 11) is -11.1. The average molecular weight is 717 g/mol. The topological polar surface area (TPSA) is 77.5 Å². The van der Waals surface area contributed by atoms with E-state index in [-0.39, 0.29) is 5.56 Å². The van der Waals surface area contributed by atoms with Crippen molar-refractivity contribution in [3.8, 4) is 11.5 Å². The van der Waals surface area contributed by atoms with E-state index in [1.54, 1.807) is 12.1 Å². The molecule has 5 aromatic carbocycles. The van der Waals surface area contributed by atoms with Crippen LogP contribution in [0.5, 0.6) is 11.5 Å². The maximum absolute atomic E-state index is 13.8. The van der Waals surface area contributed by atoms with Crippen molar-refractivity contribution >= 4 is 31.3 Å². The van der Waals surface area contributed by atoms with Crippen molar-refractivity contribution in [2.45, 2.75) is 56.0 Å². The molecule has 0 radical (unpaired) electrons. The maximum atomic E-state index is 13.8. The van der Waals surface area contributed by atoms with Gasteiger partial charge in [0.05, 0.1) is 4.90 Å².